The minimum atomic E-state index is 0.423. The molecule has 1 aromatic rings. The van der Waals surface area contributed by atoms with Gasteiger partial charge in [-0.15, -0.1) is 0 Å². The molecule has 2 aliphatic rings. The zero-order chi connectivity index (χ0) is 13.8. The van der Waals surface area contributed by atoms with Gasteiger partial charge in [0.25, 0.3) is 0 Å². The molecule has 0 bridgehead atoms. The Bertz CT molecular complexity index is 395. The second-order valence-corrected chi connectivity index (χ2v) is 6.18. The number of hydrogen-bond donors (Lipinski definition) is 1. The van der Waals surface area contributed by atoms with Crippen molar-refractivity contribution in [1.82, 2.24) is 4.90 Å². The van der Waals surface area contributed by atoms with Crippen LogP contribution < -0.4 is 5.73 Å². The van der Waals surface area contributed by atoms with Crippen molar-refractivity contribution in [2.24, 2.45) is 11.7 Å². The van der Waals surface area contributed by atoms with E-state index in [-0.39, 0.29) is 0 Å². The molecule has 0 radical (unpaired) electrons. The van der Waals surface area contributed by atoms with Crippen LogP contribution in [-0.2, 0) is 4.74 Å². The van der Waals surface area contributed by atoms with E-state index >= 15 is 0 Å². The van der Waals surface area contributed by atoms with Crippen LogP contribution in [0.5, 0.6) is 0 Å². The van der Waals surface area contributed by atoms with Gasteiger partial charge >= 0.3 is 0 Å². The van der Waals surface area contributed by atoms with Gasteiger partial charge in [-0.2, -0.15) is 0 Å². The van der Waals surface area contributed by atoms with Gasteiger partial charge in [0.15, 0.2) is 0 Å². The molecule has 1 saturated heterocycles. The van der Waals surface area contributed by atoms with E-state index in [0.717, 1.165) is 32.2 Å². The Balaban J connectivity index is 1.79. The van der Waals surface area contributed by atoms with Crippen LogP contribution in [0.4, 0.5) is 0 Å². The van der Waals surface area contributed by atoms with E-state index in [9.17, 15) is 0 Å². The van der Waals surface area contributed by atoms with Gasteiger partial charge in [0.2, 0.25) is 0 Å². The van der Waals surface area contributed by atoms with E-state index in [4.69, 9.17) is 10.5 Å². The van der Waals surface area contributed by atoms with Crippen LogP contribution in [-0.4, -0.2) is 37.2 Å². The number of benzene rings is 1. The summed E-state index contributed by atoms with van der Waals surface area (Å²) in [4.78, 5) is 2.63. The number of nitrogens with two attached hydrogens (primary N) is 1. The summed E-state index contributed by atoms with van der Waals surface area (Å²) >= 11 is 0. The Hall–Kier alpha value is -0.900. The largest absolute Gasteiger partial charge is 0.379 e. The maximum absolute atomic E-state index is 6.08. The lowest BCUT2D eigenvalue weighted by Crippen LogP contribution is -2.43. The molecule has 20 heavy (non-hydrogen) atoms. The summed E-state index contributed by atoms with van der Waals surface area (Å²) in [7, 11) is 0. The van der Waals surface area contributed by atoms with E-state index in [1.54, 1.807) is 0 Å². The highest BCUT2D eigenvalue weighted by Crippen LogP contribution is 2.38. The smallest absolute Gasteiger partial charge is 0.0594 e. The van der Waals surface area contributed by atoms with E-state index < -0.39 is 0 Å². The highest BCUT2D eigenvalue weighted by Gasteiger charge is 2.32. The standard InChI is InChI=1S/C17H26N2O/c18-16-8-6-15(7-9-16)17(14-4-2-1-3-5-14)19-10-12-20-13-11-19/h1-5,15-17H,6-13,18H2. The number of morpholine rings is 1. The number of nitrogens with zero attached hydrogens (tertiary/aromatic N) is 1. The first-order valence-corrected chi connectivity index (χ1v) is 7.97. The van der Waals surface area contributed by atoms with Crippen LogP contribution in [0.2, 0.25) is 0 Å². The second kappa shape index (κ2) is 6.70. The minimum Gasteiger partial charge on any atom is -0.379 e. The molecule has 1 aliphatic heterocycles. The SMILES string of the molecule is NC1CCC(C(c2ccccc2)N2CCOCC2)CC1. The van der Waals surface area contributed by atoms with Crippen molar-refractivity contribution in [3.8, 4) is 0 Å². The Labute approximate surface area is 122 Å². The molecule has 2 N–H and O–H groups in total. The van der Waals surface area contributed by atoms with Gasteiger partial charge in [-0.25, -0.2) is 0 Å². The first-order chi connectivity index (χ1) is 9.84. The van der Waals surface area contributed by atoms with E-state index in [1.165, 1.54) is 31.2 Å². The summed E-state index contributed by atoms with van der Waals surface area (Å²) in [5, 5.41) is 0. The molecule has 0 spiro atoms. The molecule has 1 heterocycles. The zero-order valence-corrected chi connectivity index (χ0v) is 12.2. The predicted octanol–water partition coefficient (Wildman–Crippen LogP) is 2.58. The fraction of sp³-hybridized carbons (Fsp3) is 0.647. The van der Waals surface area contributed by atoms with Crippen molar-refractivity contribution < 1.29 is 4.74 Å². The van der Waals surface area contributed by atoms with Crippen LogP contribution in [0.25, 0.3) is 0 Å². The number of hydrogen-bond acceptors (Lipinski definition) is 3. The predicted molar refractivity (Wildman–Crippen MR) is 81.5 cm³/mol. The zero-order valence-electron chi connectivity index (χ0n) is 12.2. The average Bonchev–Trinajstić information content (AvgIpc) is 2.52. The summed E-state index contributed by atoms with van der Waals surface area (Å²) < 4.78 is 5.53. The highest BCUT2D eigenvalue weighted by molar-refractivity contribution is 5.20. The van der Waals surface area contributed by atoms with Crippen LogP contribution in [0.3, 0.4) is 0 Å². The quantitative estimate of drug-likeness (QED) is 0.920. The van der Waals surface area contributed by atoms with Gasteiger partial charge in [0.1, 0.15) is 0 Å². The van der Waals surface area contributed by atoms with Crippen molar-refractivity contribution in [1.29, 1.82) is 0 Å². The lowest BCUT2D eigenvalue weighted by atomic mass is 9.78. The van der Waals surface area contributed by atoms with Crippen molar-refractivity contribution in [3.05, 3.63) is 35.9 Å². The fourth-order valence-electron chi connectivity index (χ4n) is 3.75. The van der Waals surface area contributed by atoms with E-state index in [0.29, 0.717) is 12.1 Å². The maximum Gasteiger partial charge on any atom is 0.0594 e. The number of rotatable bonds is 3. The Morgan fingerprint density at radius 3 is 2.30 bits per heavy atom. The highest BCUT2D eigenvalue weighted by atomic mass is 16.5. The number of ether oxygens (including phenoxy) is 1. The molecule has 2 fully saturated rings. The molecule has 110 valence electrons. The van der Waals surface area contributed by atoms with Crippen molar-refractivity contribution in [2.45, 2.75) is 37.8 Å². The lowest BCUT2D eigenvalue weighted by molar-refractivity contribution is -0.00378. The third-order valence-corrected chi connectivity index (χ3v) is 4.84. The molecule has 3 heteroatoms. The summed E-state index contributed by atoms with van der Waals surface area (Å²) in [5.41, 5.74) is 7.55. The van der Waals surface area contributed by atoms with Crippen LogP contribution in [0.1, 0.15) is 37.3 Å². The average molecular weight is 274 g/mol. The van der Waals surface area contributed by atoms with Gasteiger partial charge in [0.05, 0.1) is 13.2 Å². The molecular formula is C17H26N2O. The normalized spacial score (nSPS) is 30.1. The van der Waals surface area contributed by atoms with Gasteiger partial charge in [-0.3, -0.25) is 4.90 Å². The Morgan fingerprint density at radius 2 is 1.65 bits per heavy atom. The molecule has 1 unspecified atom stereocenters. The summed E-state index contributed by atoms with van der Waals surface area (Å²) in [6.07, 6.45) is 4.88. The Morgan fingerprint density at radius 1 is 1.00 bits per heavy atom. The second-order valence-electron chi connectivity index (χ2n) is 6.18. The molecule has 3 nitrogen and oxygen atoms in total. The van der Waals surface area contributed by atoms with Crippen molar-refractivity contribution in [3.63, 3.8) is 0 Å². The molecule has 1 aliphatic carbocycles. The lowest BCUT2D eigenvalue weighted by Gasteiger charge is -2.41. The summed E-state index contributed by atoms with van der Waals surface area (Å²) in [6, 6.07) is 12.0. The van der Waals surface area contributed by atoms with Gasteiger partial charge in [-0.05, 0) is 37.2 Å². The van der Waals surface area contributed by atoms with Crippen molar-refractivity contribution >= 4 is 0 Å². The molecule has 1 aromatic carbocycles. The van der Waals surface area contributed by atoms with E-state index in [1.807, 2.05) is 0 Å². The van der Waals surface area contributed by atoms with Crippen LogP contribution >= 0.6 is 0 Å². The molecule has 0 aromatic heterocycles. The first kappa shape index (κ1) is 14.1. The molecule has 1 saturated carbocycles. The third kappa shape index (κ3) is 3.22. The first-order valence-electron chi connectivity index (χ1n) is 7.97. The van der Waals surface area contributed by atoms with Crippen LogP contribution in [0, 0.1) is 5.92 Å². The van der Waals surface area contributed by atoms with Crippen LogP contribution in [0.15, 0.2) is 30.3 Å². The molecule has 0 amide bonds. The maximum atomic E-state index is 6.08. The molecule has 1 atom stereocenters. The molecular weight excluding hydrogens is 248 g/mol. The monoisotopic (exact) mass is 274 g/mol. The van der Waals surface area contributed by atoms with Gasteiger partial charge < -0.3 is 10.5 Å². The third-order valence-electron chi connectivity index (χ3n) is 4.84. The topological polar surface area (TPSA) is 38.5 Å². The molecule has 3 rings (SSSR count). The minimum absolute atomic E-state index is 0.423. The van der Waals surface area contributed by atoms with E-state index in [2.05, 4.69) is 35.2 Å². The van der Waals surface area contributed by atoms with Gasteiger partial charge in [0, 0.05) is 25.2 Å². The fourth-order valence-corrected chi connectivity index (χ4v) is 3.75. The summed E-state index contributed by atoms with van der Waals surface area (Å²) in [5.74, 6) is 0.746. The van der Waals surface area contributed by atoms with Gasteiger partial charge in [-0.1, -0.05) is 30.3 Å². The Kier molecular flexibility index (Phi) is 4.71. The van der Waals surface area contributed by atoms with Crippen molar-refractivity contribution in [2.75, 3.05) is 26.3 Å². The summed E-state index contributed by atoms with van der Waals surface area (Å²) in [6.45, 7) is 3.86.